The molecule has 0 N–H and O–H groups in total. The fourth-order valence-electron chi connectivity index (χ4n) is 0.511. The molecule has 0 spiro atoms. The predicted molar refractivity (Wildman–Crippen MR) is 40.2 cm³/mol. The molecule has 1 heterocycles. The summed E-state index contributed by atoms with van der Waals surface area (Å²) in [7, 11) is 0. The zero-order valence-corrected chi connectivity index (χ0v) is 9.29. The second-order valence-corrected chi connectivity index (χ2v) is 12.3. The first-order valence-corrected chi connectivity index (χ1v) is 6.98. The molecule has 1 aliphatic rings. The van der Waals surface area contributed by atoms with Crippen molar-refractivity contribution >= 4 is 53.1 Å². The van der Waals surface area contributed by atoms with Gasteiger partial charge in [-0.25, -0.2) is 0 Å². The number of rotatable bonds is 0. The van der Waals surface area contributed by atoms with Crippen LogP contribution in [0.2, 0.25) is 5.32 Å². The van der Waals surface area contributed by atoms with E-state index in [1.807, 2.05) is 0 Å². The van der Waals surface area contributed by atoms with Gasteiger partial charge < -0.3 is 0 Å². The molecule has 2 atom stereocenters. The van der Waals surface area contributed by atoms with Gasteiger partial charge in [0.25, 0.3) is 0 Å². The van der Waals surface area contributed by atoms with Gasteiger partial charge in [-0.1, -0.05) is 0 Å². The molecule has 1 aliphatic heterocycles. The van der Waals surface area contributed by atoms with Crippen LogP contribution >= 0.6 is 23.2 Å². The molecule has 0 aromatic heterocycles. The summed E-state index contributed by atoms with van der Waals surface area (Å²) in [4.78, 5) is 0. The van der Waals surface area contributed by atoms with E-state index < -0.39 is 0 Å². The summed E-state index contributed by atoms with van der Waals surface area (Å²) in [6, 6.07) is 0. The third kappa shape index (κ3) is 2.10. The quantitative estimate of drug-likeness (QED) is 0.464. The molecule has 0 saturated carbocycles. The molecule has 1 fully saturated rings. The van der Waals surface area contributed by atoms with E-state index in [-0.39, 0.29) is 2.67 Å². The Morgan fingerprint density at radius 3 is 2.50 bits per heavy atom. The van der Waals surface area contributed by atoms with Crippen LogP contribution in [0.1, 0.15) is 6.92 Å². The second kappa shape index (κ2) is 2.70. The van der Waals surface area contributed by atoms with Crippen LogP contribution < -0.4 is 0 Å². The summed E-state index contributed by atoms with van der Waals surface area (Å²) in [5.41, 5.74) is 0. The SMILES string of the molecule is CC1(Cl)[Se]CC(Cl)[Se]1. The minimum absolute atomic E-state index is 0.131. The number of alkyl halides is 2. The maximum absolute atomic E-state index is 6.03. The summed E-state index contributed by atoms with van der Waals surface area (Å²) < 4.78 is 0.553. The van der Waals surface area contributed by atoms with Gasteiger partial charge in [0.15, 0.2) is 0 Å². The van der Waals surface area contributed by atoms with E-state index in [0.29, 0.717) is 34.2 Å². The standard InChI is InChI=1S/C4H6Cl2Se2/c1-4(6)7-2-3(5)8-4/h3H,2H2,1H3. The summed E-state index contributed by atoms with van der Waals surface area (Å²) in [6.45, 7) is 2.11. The molecule has 2 unspecified atom stereocenters. The first-order chi connectivity index (χ1) is 3.60. The molecule has 48 valence electrons. The van der Waals surface area contributed by atoms with Gasteiger partial charge in [-0.05, 0) is 0 Å². The van der Waals surface area contributed by atoms with Gasteiger partial charge >= 0.3 is 72.3 Å². The van der Waals surface area contributed by atoms with Crippen LogP contribution in [-0.4, -0.2) is 36.9 Å². The Bertz CT molecular complexity index is 94.0. The van der Waals surface area contributed by atoms with E-state index in [0.717, 1.165) is 0 Å². The van der Waals surface area contributed by atoms with Gasteiger partial charge in [0, 0.05) is 0 Å². The Hall–Kier alpha value is 1.62. The molecule has 4 heteroatoms. The zero-order valence-electron chi connectivity index (χ0n) is 4.36. The van der Waals surface area contributed by atoms with Crippen molar-refractivity contribution < 1.29 is 0 Å². The first-order valence-electron chi connectivity index (χ1n) is 2.25. The van der Waals surface area contributed by atoms with Crippen LogP contribution in [-0.2, 0) is 0 Å². The van der Waals surface area contributed by atoms with Crippen LogP contribution in [0.25, 0.3) is 0 Å². The van der Waals surface area contributed by atoms with Crippen LogP contribution in [0.15, 0.2) is 0 Å². The molecule has 0 amide bonds. The average molecular weight is 283 g/mol. The Balaban J connectivity index is 2.44. The van der Waals surface area contributed by atoms with Gasteiger partial charge in [0.1, 0.15) is 0 Å². The molecule has 0 bridgehead atoms. The average Bonchev–Trinajstić information content (AvgIpc) is 1.82. The Kier molecular flexibility index (Phi) is 2.60. The summed E-state index contributed by atoms with van der Waals surface area (Å²) >= 11 is 13.0. The van der Waals surface area contributed by atoms with E-state index in [1.165, 1.54) is 5.32 Å². The molecule has 0 aromatic carbocycles. The van der Waals surface area contributed by atoms with Crippen molar-refractivity contribution in [1.29, 1.82) is 0 Å². The second-order valence-electron chi connectivity index (χ2n) is 1.67. The summed E-state index contributed by atoms with van der Waals surface area (Å²) in [5.74, 6) is 0. The number of hydrogen-bond donors (Lipinski definition) is 0. The van der Waals surface area contributed by atoms with Crippen molar-refractivity contribution in [2.45, 2.75) is 19.2 Å². The number of halogens is 2. The van der Waals surface area contributed by atoms with E-state index >= 15 is 0 Å². The maximum atomic E-state index is 6.03. The molecule has 0 aliphatic carbocycles. The molecular weight excluding hydrogens is 277 g/mol. The van der Waals surface area contributed by atoms with E-state index in [1.54, 1.807) is 0 Å². The Morgan fingerprint density at radius 2 is 2.38 bits per heavy atom. The molecule has 1 rings (SSSR count). The van der Waals surface area contributed by atoms with Crippen molar-refractivity contribution in [3.05, 3.63) is 0 Å². The van der Waals surface area contributed by atoms with E-state index in [2.05, 4.69) is 6.92 Å². The van der Waals surface area contributed by atoms with Crippen molar-refractivity contribution in [1.82, 2.24) is 0 Å². The number of hydrogen-bond acceptors (Lipinski definition) is 0. The summed E-state index contributed by atoms with van der Waals surface area (Å²) in [5, 5.41) is 1.18. The van der Waals surface area contributed by atoms with Crippen LogP contribution in [0, 0.1) is 0 Å². The predicted octanol–water partition coefficient (Wildman–Crippen LogP) is 1.30. The third-order valence-corrected chi connectivity index (χ3v) is 10.2. The Morgan fingerprint density at radius 1 is 1.75 bits per heavy atom. The van der Waals surface area contributed by atoms with Crippen molar-refractivity contribution in [2.24, 2.45) is 0 Å². The van der Waals surface area contributed by atoms with Crippen LogP contribution in [0.4, 0.5) is 0 Å². The molecule has 0 aromatic rings. The normalized spacial score (nSPS) is 47.6. The zero-order chi connectivity index (χ0) is 6.20. The minimum atomic E-state index is 0.131. The molecule has 1 saturated heterocycles. The monoisotopic (exact) mass is 284 g/mol. The van der Waals surface area contributed by atoms with E-state index in [4.69, 9.17) is 23.2 Å². The Labute approximate surface area is 72.0 Å². The van der Waals surface area contributed by atoms with Crippen LogP contribution in [0.5, 0.6) is 0 Å². The van der Waals surface area contributed by atoms with Gasteiger partial charge in [0.05, 0.1) is 0 Å². The van der Waals surface area contributed by atoms with Gasteiger partial charge in [-0.15, -0.1) is 0 Å². The summed E-state index contributed by atoms with van der Waals surface area (Å²) in [6.07, 6.45) is 0. The first kappa shape index (κ1) is 7.72. The van der Waals surface area contributed by atoms with Gasteiger partial charge in [0.2, 0.25) is 0 Å². The topological polar surface area (TPSA) is 0 Å². The molecular formula is C4H6Cl2Se2. The fraction of sp³-hybridized carbons (Fsp3) is 1.00. The molecule has 0 radical (unpaired) electrons. The molecule has 8 heavy (non-hydrogen) atoms. The van der Waals surface area contributed by atoms with E-state index in [9.17, 15) is 0 Å². The van der Waals surface area contributed by atoms with Crippen molar-refractivity contribution in [2.75, 3.05) is 0 Å². The van der Waals surface area contributed by atoms with Gasteiger partial charge in [-0.2, -0.15) is 0 Å². The van der Waals surface area contributed by atoms with Crippen molar-refractivity contribution in [3.8, 4) is 0 Å². The van der Waals surface area contributed by atoms with Gasteiger partial charge in [-0.3, -0.25) is 0 Å². The fourth-order valence-corrected chi connectivity index (χ4v) is 9.89. The third-order valence-electron chi connectivity index (χ3n) is 0.811. The van der Waals surface area contributed by atoms with Crippen LogP contribution in [0.3, 0.4) is 0 Å². The van der Waals surface area contributed by atoms with Crippen molar-refractivity contribution in [3.63, 3.8) is 0 Å². The molecule has 0 nitrogen and oxygen atoms in total.